The molecule has 3 aromatic carbocycles. The first kappa shape index (κ1) is 28.5. The lowest BCUT2D eigenvalue weighted by atomic mass is 9.91. The molecule has 0 unspecified atom stereocenters. The summed E-state index contributed by atoms with van der Waals surface area (Å²) in [5, 5.41) is 11.1. The summed E-state index contributed by atoms with van der Waals surface area (Å²) in [7, 11) is 0. The summed E-state index contributed by atoms with van der Waals surface area (Å²) in [6.45, 7) is 0.672. The summed E-state index contributed by atoms with van der Waals surface area (Å²) in [5.41, 5.74) is 4.55. The second-order valence-electron chi connectivity index (χ2n) is 9.30. The molecule has 0 fully saturated rings. The molecular weight excluding hydrogens is 522 g/mol. The molecule has 3 aromatic rings. The Labute approximate surface area is 230 Å². The number of amides is 2. The Hall–Kier alpha value is -4.47. The first-order valence-electron chi connectivity index (χ1n) is 13.0. The van der Waals surface area contributed by atoms with Crippen molar-refractivity contribution in [3.8, 4) is 16.9 Å². The number of nitrogens with zero attached hydrogens (tertiary/aromatic N) is 1. The van der Waals surface area contributed by atoms with Gasteiger partial charge in [-0.3, -0.25) is 9.59 Å². The van der Waals surface area contributed by atoms with Crippen molar-refractivity contribution in [2.24, 2.45) is 0 Å². The van der Waals surface area contributed by atoms with Crippen molar-refractivity contribution in [3.05, 3.63) is 83.4 Å². The third-order valence-corrected chi connectivity index (χ3v) is 6.48. The monoisotopic (exact) mass is 552 g/mol. The molecule has 2 amide bonds. The normalized spacial score (nSPS) is 12.4. The minimum atomic E-state index is -1.04. The molecule has 210 valence electrons. The van der Waals surface area contributed by atoms with Crippen LogP contribution in [0.25, 0.3) is 11.1 Å². The largest absolute Gasteiger partial charge is 0.490 e. The first-order chi connectivity index (χ1) is 19.3. The molecule has 2 N–H and O–H groups in total. The minimum Gasteiger partial charge on any atom is -0.490 e. The Balaban J connectivity index is 1.38. The van der Waals surface area contributed by atoms with E-state index in [1.165, 1.54) is 12.1 Å². The number of ether oxygens (including phenoxy) is 2. The van der Waals surface area contributed by atoms with Crippen LogP contribution in [0, 0.1) is 11.6 Å². The van der Waals surface area contributed by atoms with Gasteiger partial charge in [0.2, 0.25) is 11.7 Å². The van der Waals surface area contributed by atoms with Gasteiger partial charge in [0, 0.05) is 25.2 Å². The van der Waals surface area contributed by atoms with Crippen molar-refractivity contribution in [2.45, 2.75) is 38.7 Å². The zero-order valence-corrected chi connectivity index (χ0v) is 21.8. The number of carbonyl (C=O) groups is 3. The lowest BCUT2D eigenvalue weighted by Crippen LogP contribution is -2.35. The zero-order valence-electron chi connectivity index (χ0n) is 21.8. The van der Waals surface area contributed by atoms with Gasteiger partial charge >= 0.3 is 12.1 Å². The van der Waals surface area contributed by atoms with Gasteiger partial charge < -0.3 is 24.8 Å². The van der Waals surface area contributed by atoms with Crippen LogP contribution in [-0.4, -0.2) is 42.8 Å². The molecule has 1 aliphatic heterocycles. The van der Waals surface area contributed by atoms with Gasteiger partial charge in [0.05, 0.1) is 13.0 Å². The third-order valence-electron chi connectivity index (χ3n) is 6.48. The highest BCUT2D eigenvalue weighted by Gasteiger charge is 2.24. The number of carboxylic acids is 1. The van der Waals surface area contributed by atoms with Crippen molar-refractivity contribution in [1.82, 2.24) is 5.32 Å². The minimum absolute atomic E-state index is 0.0157. The van der Waals surface area contributed by atoms with E-state index in [1.54, 1.807) is 4.90 Å². The van der Waals surface area contributed by atoms with E-state index in [9.17, 15) is 23.2 Å². The summed E-state index contributed by atoms with van der Waals surface area (Å²) in [6, 6.07) is 17.1. The number of anilines is 1. The Morgan fingerprint density at radius 1 is 1.00 bits per heavy atom. The number of fused-ring (bicyclic) bond motifs is 1. The standard InChI is InChI=1S/C30H30F2N2O6/c31-24-10-3-12-26(29(24)32)39-17-5-13-27(35)34-16-4-9-23-22(8-2-11-25(23)34)21-7-1-6-20(18-21)19-40-30(38)33-15-14-28(36)37/h1-3,6-8,10-12,18H,4-5,9,13-17,19H2,(H,33,38)(H,36,37). The molecule has 0 saturated heterocycles. The first-order valence-corrected chi connectivity index (χ1v) is 13.0. The molecule has 4 rings (SSSR count). The second-order valence-corrected chi connectivity index (χ2v) is 9.30. The molecule has 10 heteroatoms. The van der Waals surface area contributed by atoms with E-state index >= 15 is 0 Å². The molecule has 40 heavy (non-hydrogen) atoms. The molecule has 0 aliphatic carbocycles. The quantitative estimate of drug-likeness (QED) is 0.306. The number of hydrogen-bond acceptors (Lipinski definition) is 5. The highest BCUT2D eigenvalue weighted by atomic mass is 19.2. The van der Waals surface area contributed by atoms with Crippen LogP contribution in [0.15, 0.2) is 60.7 Å². The molecule has 0 saturated carbocycles. The summed E-state index contributed by atoms with van der Waals surface area (Å²) >= 11 is 0. The van der Waals surface area contributed by atoms with Gasteiger partial charge in [-0.1, -0.05) is 36.4 Å². The van der Waals surface area contributed by atoms with Crippen LogP contribution in [0.5, 0.6) is 5.75 Å². The lowest BCUT2D eigenvalue weighted by molar-refractivity contribution is -0.136. The lowest BCUT2D eigenvalue weighted by Gasteiger charge is -2.31. The SMILES string of the molecule is O=C(O)CCNC(=O)OCc1cccc(-c2cccc3c2CCCN3C(=O)CCCOc2cccc(F)c2F)c1. The van der Waals surface area contributed by atoms with Crippen LogP contribution in [0.4, 0.5) is 19.3 Å². The number of carbonyl (C=O) groups excluding carboxylic acids is 2. The molecule has 0 bridgehead atoms. The third kappa shape index (κ3) is 7.34. The van der Waals surface area contributed by atoms with Gasteiger partial charge in [-0.25, -0.2) is 9.18 Å². The fraction of sp³-hybridized carbons (Fsp3) is 0.300. The van der Waals surface area contributed by atoms with Gasteiger partial charge in [-0.05, 0) is 65.8 Å². The topological polar surface area (TPSA) is 105 Å². The molecule has 0 spiro atoms. The number of benzene rings is 3. The fourth-order valence-electron chi connectivity index (χ4n) is 4.59. The summed E-state index contributed by atoms with van der Waals surface area (Å²) < 4.78 is 37.7. The summed E-state index contributed by atoms with van der Waals surface area (Å²) in [5.74, 6) is -3.28. The molecule has 1 aliphatic rings. The maximum absolute atomic E-state index is 13.8. The summed E-state index contributed by atoms with van der Waals surface area (Å²) in [4.78, 5) is 37.3. The smallest absolute Gasteiger partial charge is 0.407 e. The van der Waals surface area contributed by atoms with Gasteiger partial charge in [-0.15, -0.1) is 0 Å². The Bertz CT molecular complexity index is 1380. The number of halogens is 2. The van der Waals surface area contributed by atoms with Crippen LogP contribution >= 0.6 is 0 Å². The van der Waals surface area contributed by atoms with Gasteiger partial charge in [0.1, 0.15) is 6.61 Å². The van der Waals surface area contributed by atoms with E-state index in [2.05, 4.69) is 5.32 Å². The molecule has 1 heterocycles. The average Bonchev–Trinajstić information content (AvgIpc) is 2.95. The van der Waals surface area contributed by atoms with E-state index in [0.29, 0.717) is 13.0 Å². The predicted octanol–water partition coefficient (Wildman–Crippen LogP) is 5.47. The number of nitrogens with one attached hydrogen (secondary N) is 1. The Morgan fingerprint density at radius 2 is 1.80 bits per heavy atom. The van der Waals surface area contributed by atoms with Crippen molar-refractivity contribution in [2.75, 3.05) is 24.6 Å². The predicted molar refractivity (Wildman–Crippen MR) is 144 cm³/mol. The zero-order chi connectivity index (χ0) is 28.5. The maximum atomic E-state index is 13.8. The number of hydrogen-bond donors (Lipinski definition) is 2. The Kier molecular flexibility index (Phi) is 9.66. The molecule has 0 radical (unpaired) electrons. The number of alkyl carbamates (subject to hydrolysis) is 1. The fourth-order valence-corrected chi connectivity index (χ4v) is 4.59. The van der Waals surface area contributed by atoms with Crippen molar-refractivity contribution in [3.63, 3.8) is 0 Å². The van der Waals surface area contributed by atoms with Crippen LogP contribution in [0.1, 0.15) is 36.8 Å². The van der Waals surface area contributed by atoms with E-state index in [4.69, 9.17) is 14.6 Å². The molecule has 0 aromatic heterocycles. The number of carboxylic acid groups (broad SMARTS) is 1. The highest BCUT2D eigenvalue weighted by molar-refractivity contribution is 5.96. The van der Waals surface area contributed by atoms with E-state index in [1.807, 2.05) is 42.5 Å². The van der Waals surface area contributed by atoms with E-state index in [0.717, 1.165) is 46.8 Å². The average molecular weight is 553 g/mol. The molecule has 0 atom stereocenters. The second kappa shape index (κ2) is 13.5. The van der Waals surface area contributed by atoms with Crippen LogP contribution in [-0.2, 0) is 27.4 Å². The molecule has 8 nitrogen and oxygen atoms in total. The van der Waals surface area contributed by atoms with Crippen LogP contribution in [0.3, 0.4) is 0 Å². The van der Waals surface area contributed by atoms with Crippen molar-refractivity contribution < 1.29 is 37.7 Å². The van der Waals surface area contributed by atoms with Gasteiger partial charge in [0.15, 0.2) is 11.6 Å². The number of aliphatic carboxylic acids is 1. The highest BCUT2D eigenvalue weighted by Crippen LogP contribution is 2.36. The van der Waals surface area contributed by atoms with Crippen molar-refractivity contribution >= 4 is 23.7 Å². The van der Waals surface area contributed by atoms with Crippen LogP contribution in [0.2, 0.25) is 0 Å². The number of rotatable bonds is 11. The van der Waals surface area contributed by atoms with Gasteiger partial charge in [-0.2, -0.15) is 4.39 Å². The van der Waals surface area contributed by atoms with E-state index in [-0.39, 0.29) is 44.3 Å². The molecular formula is C30H30F2N2O6. The van der Waals surface area contributed by atoms with Gasteiger partial charge in [0.25, 0.3) is 0 Å². The Morgan fingerprint density at radius 3 is 2.62 bits per heavy atom. The van der Waals surface area contributed by atoms with Crippen LogP contribution < -0.4 is 15.0 Å². The van der Waals surface area contributed by atoms with Crippen molar-refractivity contribution in [1.29, 1.82) is 0 Å². The van der Waals surface area contributed by atoms with E-state index < -0.39 is 23.7 Å². The summed E-state index contributed by atoms with van der Waals surface area (Å²) in [6.07, 6.45) is 1.26. The maximum Gasteiger partial charge on any atom is 0.407 e.